The summed E-state index contributed by atoms with van der Waals surface area (Å²) in [6.07, 6.45) is 0. The Morgan fingerprint density at radius 2 is 1.93 bits per heavy atom. The van der Waals surface area contributed by atoms with Gasteiger partial charge in [0.25, 0.3) is 0 Å². The van der Waals surface area contributed by atoms with E-state index >= 15 is 0 Å². The molecule has 14 heavy (non-hydrogen) atoms. The Morgan fingerprint density at radius 3 is 2.50 bits per heavy atom. The zero-order valence-corrected chi connectivity index (χ0v) is 7.84. The van der Waals surface area contributed by atoms with E-state index in [1.54, 1.807) is 6.92 Å². The molecule has 4 heteroatoms. The van der Waals surface area contributed by atoms with Gasteiger partial charge in [-0.1, -0.05) is 30.3 Å². The first-order chi connectivity index (χ1) is 6.77. The second-order valence-electron chi connectivity index (χ2n) is 3.05. The Kier molecular flexibility index (Phi) is 2.28. The van der Waals surface area contributed by atoms with Gasteiger partial charge in [-0.3, -0.25) is 0 Å². The molecule has 2 rings (SSSR count). The predicted molar refractivity (Wildman–Crippen MR) is 51.5 cm³/mol. The average Bonchev–Trinajstić information content (AvgIpc) is 2.65. The van der Waals surface area contributed by atoms with Gasteiger partial charge >= 0.3 is 0 Å². The van der Waals surface area contributed by atoms with Crippen LogP contribution in [0.25, 0.3) is 0 Å². The Balaban J connectivity index is 2.29. The van der Waals surface area contributed by atoms with Crippen molar-refractivity contribution >= 4 is 0 Å². The van der Waals surface area contributed by atoms with Gasteiger partial charge in [0.2, 0.25) is 11.8 Å². The molecule has 0 fully saturated rings. The predicted octanol–water partition coefficient (Wildman–Crippen LogP) is 1.43. The summed E-state index contributed by atoms with van der Waals surface area (Å²) < 4.78 is 5.25. The van der Waals surface area contributed by atoms with Crippen LogP contribution in [0.4, 0.5) is 0 Å². The van der Waals surface area contributed by atoms with Crippen LogP contribution in [0.1, 0.15) is 23.4 Å². The molecular formula is C10H11N3O. The largest absolute Gasteiger partial charge is 0.424 e. The number of hydrogen-bond acceptors (Lipinski definition) is 4. The number of rotatable bonds is 2. The Morgan fingerprint density at radius 1 is 1.21 bits per heavy atom. The highest BCUT2D eigenvalue weighted by Gasteiger charge is 2.14. The molecule has 0 saturated carbocycles. The Bertz CT molecular complexity index is 410. The van der Waals surface area contributed by atoms with Crippen LogP contribution in [-0.2, 0) is 0 Å². The maximum atomic E-state index is 5.93. The number of aryl methyl sites for hydroxylation is 1. The fourth-order valence-electron chi connectivity index (χ4n) is 1.24. The lowest BCUT2D eigenvalue weighted by molar-refractivity contribution is 0.450. The van der Waals surface area contributed by atoms with Crippen LogP contribution in [0.2, 0.25) is 0 Å². The lowest BCUT2D eigenvalue weighted by Gasteiger charge is -2.05. The molecule has 0 bridgehead atoms. The maximum absolute atomic E-state index is 5.93. The number of nitrogens with zero attached hydrogens (tertiary/aromatic N) is 2. The molecular weight excluding hydrogens is 178 g/mol. The minimum Gasteiger partial charge on any atom is -0.424 e. The van der Waals surface area contributed by atoms with Crippen molar-refractivity contribution in [2.45, 2.75) is 13.0 Å². The summed E-state index contributed by atoms with van der Waals surface area (Å²) in [5, 5.41) is 7.62. The first-order valence-electron chi connectivity index (χ1n) is 4.38. The number of benzene rings is 1. The molecule has 4 nitrogen and oxygen atoms in total. The van der Waals surface area contributed by atoms with Gasteiger partial charge in [0.15, 0.2) is 0 Å². The van der Waals surface area contributed by atoms with Gasteiger partial charge < -0.3 is 10.2 Å². The molecule has 0 radical (unpaired) electrons. The molecule has 1 atom stereocenters. The van der Waals surface area contributed by atoms with Gasteiger partial charge in [0.1, 0.15) is 6.04 Å². The molecule has 0 amide bonds. The molecule has 0 aliphatic rings. The van der Waals surface area contributed by atoms with E-state index < -0.39 is 0 Å². The summed E-state index contributed by atoms with van der Waals surface area (Å²) in [5.41, 5.74) is 6.90. The van der Waals surface area contributed by atoms with Gasteiger partial charge in [-0.25, -0.2) is 0 Å². The van der Waals surface area contributed by atoms with E-state index in [2.05, 4.69) is 10.2 Å². The highest BCUT2D eigenvalue weighted by atomic mass is 16.4. The van der Waals surface area contributed by atoms with Crippen LogP contribution in [0.5, 0.6) is 0 Å². The van der Waals surface area contributed by atoms with Gasteiger partial charge in [-0.15, -0.1) is 10.2 Å². The molecule has 0 unspecified atom stereocenters. The van der Waals surface area contributed by atoms with Gasteiger partial charge in [0.05, 0.1) is 0 Å². The molecule has 72 valence electrons. The molecule has 0 spiro atoms. The molecule has 2 N–H and O–H groups in total. The van der Waals surface area contributed by atoms with Crippen LogP contribution in [-0.4, -0.2) is 10.2 Å². The van der Waals surface area contributed by atoms with Crippen LogP contribution in [0, 0.1) is 6.92 Å². The first-order valence-corrected chi connectivity index (χ1v) is 4.38. The summed E-state index contributed by atoms with van der Waals surface area (Å²) in [4.78, 5) is 0. The van der Waals surface area contributed by atoms with Gasteiger partial charge in [-0.05, 0) is 5.56 Å². The number of nitrogens with two attached hydrogens (primary N) is 1. The normalized spacial score (nSPS) is 12.7. The fourth-order valence-corrected chi connectivity index (χ4v) is 1.24. The minimum absolute atomic E-state index is 0.336. The third-order valence-electron chi connectivity index (χ3n) is 1.97. The van der Waals surface area contributed by atoms with Crippen LogP contribution in [0.15, 0.2) is 34.7 Å². The van der Waals surface area contributed by atoms with Crippen molar-refractivity contribution in [2.75, 3.05) is 0 Å². The van der Waals surface area contributed by atoms with Crippen molar-refractivity contribution in [3.63, 3.8) is 0 Å². The highest BCUT2D eigenvalue weighted by molar-refractivity contribution is 5.22. The molecule has 1 heterocycles. The van der Waals surface area contributed by atoms with Crippen LogP contribution >= 0.6 is 0 Å². The van der Waals surface area contributed by atoms with Crippen molar-refractivity contribution in [1.82, 2.24) is 10.2 Å². The SMILES string of the molecule is Cc1nnc([C@@H](N)c2ccccc2)o1. The third-order valence-corrected chi connectivity index (χ3v) is 1.97. The topological polar surface area (TPSA) is 64.9 Å². The monoisotopic (exact) mass is 189 g/mol. The Hall–Kier alpha value is -1.68. The maximum Gasteiger partial charge on any atom is 0.237 e. The quantitative estimate of drug-likeness (QED) is 0.776. The second-order valence-corrected chi connectivity index (χ2v) is 3.05. The van der Waals surface area contributed by atoms with Gasteiger partial charge in [-0.2, -0.15) is 0 Å². The van der Waals surface area contributed by atoms with Crippen molar-refractivity contribution in [3.8, 4) is 0 Å². The molecule has 1 aromatic carbocycles. The van der Waals surface area contributed by atoms with Crippen molar-refractivity contribution in [1.29, 1.82) is 0 Å². The summed E-state index contributed by atoms with van der Waals surface area (Å²) >= 11 is 0. The standard InChI is InChI=1S/C10H11N3O/c1-7-12-13-10(14-7)9(11)8-5-3-2-4-6-8/h2-6,9H,11H2,1H3/t9-/m0/s1. The van der Waals surface area contributed by atoms with E-state index in [0.29, 0.717) is 11.8 Å². The summed E-state index contributed by atoms with van der Waals surface area (Å²) in [6.45, 7) is 1.74. The van der Waals surface area contributed by atoms with Crippen molar-refractivity contribution in [2.24, 2.45) is 5.73 Å². The second kappa shape index (κ2) is 3.59. The molecule has 2 aromatic rings. The summed E-state index contributed by atoms with van der Waals surface area (Å²) in [6, 6.07) is 9.33. The molecule has 0 aliphatic heterocycles. The lowest BCUT2D eigenvalue weighted by atomic mass is 10.1. The fraction of sp³-hybridized carbons (Fsp3) is 0.200. The van der Waals surface area contributed by atoms with E-state index in [0.717, 1.165) is 5.56 Å². The lowest BCUT2D eigenvalue weighted by Crippen LogP contribution is -2.11. The smallest absolute Gasteiger partial charge is 0.237 e. The molecule has 0 aliphatic carbocycles. The highest BCUT2D eigenvalue weighted by Crippen LogP contribution is 2.17. The van der Waals surface area contributed by atoms with Crippen molar-refractivity contribution < 1.29 is 4.42 Å². The average molecular weight is 189 g/mol. The van der Waals surface area contributed by atoms with Crippen molar-refractivity contribution in [3.05, 3.63) is 47.7 Å². The summed E-state index contributed by atoms with van der Waals surface area (Å²) in [7, 11) is 0. The van der Waals surface area contributed by atoms with Crippen LogP contribution in [0.3, 0.4) is 0 Å². The van der Waals surface area contributed by atoms with E-state index in [9.17, 15) is 0 Å². The minimum atomic E-state index is -0.336. The third kappa shape index (κ3) is 1.65. The van der Waals surface area contributed by atoms with Gasteiger partial charge in [0, 0.05) is 6.92 Å². The number of aromatic nitrogens is 2. The first kappa shape index (κ1) is 8.90. The Labute approximate surface area is 81.8 Å². The summed E-state index contributed by atoms with van der Waals surface area (Å²) in [5.74, 6) is 0.986. The van der Waals surface area contributed by atoms with Crippen LogP contribution < -0.4 is 5.73 Å². The van der Waals surface area contributed by atoms with E-state index in [1.165, 1.54) is 0 Å². The zero-order valence-electron chi connectivity index (χ0n) is 7.84. The molecule has 1 aromatic heterocycles. The van der Waals surface area contributed by atoms with E-state index in [1.807, 2.05) is 30.3 Å². The van der Waals surface area contributed by atoms with E-state index in [-0.39, 0.29) is 6.04 Å². The zero-order chi connectivity index (χ0) is 9.97. The number of hydrogen-bond donors (Lipinski definition) is 1. The molecule has 0 saturated heterocycles. The van der Waals surface area contributed by atoms with E-state index in [4.69, 9.17) is 10.2 Å².